The number of carbonyl (C=O) groups is 1. The summed E-state index contributed by atoms with van der Waals surface area (Å²) in [5.41, 5.74) is 6.93. The molecule has 0 saturated carbocycles. The predicted molar refractivity (Wildman–Crippen MR) is 147 cm³/mol. The Balaban J connectivity index is 0.00000109. The first-order valence-corrected chi connectivity index (χ1v) is 13.0. The number of hydrogen-bond acceptors (Lipinski definition) is 7. The molecule has 0 radical (unpaired) electrons. The second kappa shape index (κ2) is 14.3. The summed E-state index contributed by atoms with van der Waals surface area (Å²) in [5.74, 6) is 11.1. The Morgan fingerprint density at radius 1 is 1.17 bits per heavy atom. The summed E-state index contributed by atoms with van der Waals surface area (Å²) >= 11 is 1.68. The van der Waals surface area contributed by atoms with Crippen molar-refractivity contribution in [2.75, 3.05) is 6.54 Å². The minimum absolute atomic E-state index is 0.152. The van der Waals surface area contributed by atoms with Crippen LogP contribution in [0.5, 0.6) is 0 Å². The first-order chi connectivity index (χ1) is 17.5. The molecule has 11 heteroatoms. The molecule has 1 amide bonds. The second-order valence-corrected chi connectivity index (χ2v) is 8.64. The number of aromatic nitrogens is 3. The average Bonchev–Trinajstić information content (AvgIpc) is 3.51. The van der Waals surface area contributed by atoms with E-state index >= 15 is 0 Å². The van der Waals surface area contributed by atoms with Gasteiger partial charge in [0.25, 0.3) is 5.91 Å². The lowest BCUT2D eigenvalue weighted by atomic mass is 10.1. The van der Waals surface area contributed by atoms with Crippen LogP contribution in [0.1, 0.15) is 60.7 Å². The van der Waals surface area contributed by atoms with Gasteiger partial charge in [-0.3, -0.25) is 9.48 Å². The highest BCUT2D eigenvalue weighted by Crippen LogP contribution is 2.31. The fourth-order valence-electron chi connectivity index (χ4n) is 3.72. The summed E-state index contributed by atoms with van der Waals surface area (Å²) in [7, 11) is 1.91. The van der Waals surface area contributed by atoms with Crippen LogP contribution < -0.4 is 22.4 Å². The Kier molecular flexibility index (Phi) is 11.5. The van der Waals surface area contributed by atoms with Gasteiger partial charge in [-0.25, -0.2) is 10.1 Å². The summed E-state index contributed by atoms with van der Waals surface area (Å²) in [6.07, 6.45) is 1.84. The first-order valence-electron chi connectivity index (χ1n) is 12.2. The fourth-order valence-corrected chi connectivity index (χ4v) is 4.80. The number of hydrazine groups is 1. The average molecular weight is 514 g/mol. The Morgan fingerprint density at radius 3 is 2.58 bits per heavy atom. The lowest BCUT2D eigenvalue weighted by Gasteiger charge is -2.26. The van der Waals surface area contributed by atoms with Gasteiger partial charge in [0.15, 0.2) is 5.84 Å². The molecule has 10 nitrogen and oxygen atoms in total. The quantitative estimate of drug-likeness (QED) is 0.131. The summed E-state index contributed by atoms with van der Waals surface area (Å²) in [5, 5.41) is 11.0. The van der Waals surface area contributed by atoms with Crippen molar-refractivity contribution in [1.29, 1.82) is 0 Å². The normalized spacial score (nSPS) is 13.0. The minimum atomic E-state index is -0.152. The highest BCUT2D eigenvalue weighted by atomic mass is 32.2. The van der Waals surface area contributed by atoms with Gasteiger partial charge in [-0.15, -0.1) is 0 Å². The van der Waals surface area contributed by atoms with Crippen LogP contribution in [-0.2, 0) is 26.7 Å². The molecule has 2 aromatic heterocycles. The Morgan fingerprint density at radius 2 is 1.89 bits per heavy atom. The fraction of sp³-hybridized carbons (Fsp3) is 0.400. The van der Waals surface area contributed by atoms with Gasteiger partial charge >= 0.3 is 0 Å². The number of hydrazone groups is 1. The molecule has 1 aliphatic heterocycles. The van der Waals surface area contributed by atoms with Crippen LogP contribution in [0.3, 0.4) is 0 Å². The molecule has 0 saturated heterocycles. The highest BCUT2D eigenvalue weighted by Gasteiger charge is 2.22. The van der Waals surface area contributed by atoms with Gasteiger partial charge in [0, 0.05) is 42.5 Å². The number of carbonyl (C=O) groups excluding carboxylic acids is 1. The molecular formula is C25H39N9OS. The molecule has 1 aromatic carbocycles. The summed E-state index contributed by atoms with van der Waals surface area (Å²) < 4.78 is 6.25. The number of nitrogens with zero attached hydrogens (tertiary/aromatic N) is 5. The van der Waals surface area contributed by atoms with Crippen LogP contribution in [0, 0.1) is 6.92 Å². The summed E-state index contributed by atoms with van der Waals surface area (Å²) in [6, 6.07) is 11.5. The Labute approximate surface area is 218 Å². The van der Waals surface area contributed by atoms with E-state index in [2.05, 4.69) is 25.2 Å². The molecule has 36 heavy (non-hydrogen) atoms. The molecule has 0 fully saturated rings. The largest absolute Gasteiger partial charge is 0.347 e. The number of hydrogen-bond donors (Lipinski definition) is 4. The molecule has 0 unspecified atom stereocenters. The topological polar surface area (TPSA) is 132 Å². The van der Waals surface area contributed by atoms with E-state index in [0.717, 1.165) is 41.4 Å². The van der Waals surface area contributed by atoms with E-state index in [4.69, 9.17) is 11.7 Å². The molecule has 0 aliphatic carbocycles. The van der Waals surface area contributed by atoms with E-state index in [1.54, 1.807) is 11.9 Å². The molecule has 3 heterocycles. The SMILES string of the molecule is CC.CC.Cc1c(SN2CCn3nccc3C2)cc(C(=O)NCc2ccccc2/C(=N/N)NN)n1C. The van der Waals surface area contributed by atoms with Gasteiger partial charge in [0.05, 0.1) is 18.8 Å². The van der Waals surface area contributed by atoms with Crippen molar-refractivity contribution in [3.63, 3.8) is 0 Å². The van der Waals surface area contributed by atoms with Crippen molar-refractivity contribution in [2.24, 2.45) is 23.8 Å². The Bertz CT molecular complexity index is 1150. The third-order valence-corrected chi connectivity index (χ3v) is 6.81. The van der Waals surface area contributed by atoms with Gasteiger partial charge in [-0.05, 0) is 36.6 Å². The standard InChI is InChI=1S/C21H27N9OS.2C2H6/c1-14-19(32-29-9-10-30-16(13-29)7-8-25-30)11-18(28(14)2)21(31)24-12-15-5-3-4-6-17(15)20(26-22)27-23;2*1-2/h3-8,11H,9-10,12-13,22-23H2,1-2H3,(H,24,31)(H,26,27);2*1-2H3. The van der Waals surface area contributed by atoms with Crippen LogP contribution in [0.15, 0.2) is 52.6 Å². The molecule has 0 spiro atoms. The first kappa shape index (κ1) is 29.0. The molecule has 1 aliphatic rings. The van der Waals surface area contributed by atoms with Crippen molar-refractivity contribution < 1.29 is 4.79 Å². The molecule has 0 atom stereocenters. The van der Waals surface area contributed by atoms with E-state index in [1.165, 1.54) is 5.69 Å². The second-order valence-electron chi connectivity index (χ2n) is 7.50. The van der Waals surface area contributed by atoms with Gasteiger partial charge in [-0.1, -0.05) is 52.0 Å². The van der Waals surface area contributed by atoms with Crippen LogP contribution in [0.25, 0.3) is 0 Å². The van der Waals surface area contributed by atoms with E-state index in [-0.39, 0.29) is 5.91 Å². The molecular weight excluding hydrogens is 474 g/mol. The predicted octanol–water partition coefficient (Wildman–Crippen LogP) is 3.12. The van der Waals surface area contributed by atoms with Crippen LogP contribution in [0.2, 0.25) is 0 Å². The van der Waals surface area contributed by atoms with Gasteiger partial charge in [-0.2, -0.15) is 10.2 Å². The highest BCUT2D eigenvalue weighted by molar-refractivity contribution is 7.97. The smallest absolute Gasteiger partial charge is 0.268 e. The molecule has 196 valence electrons. The summed E-state index contributed by atoms with van der Waals surface area (Å²) in [6.45, 7) is 12.9. The molecule has 6 N–H and O–H groups in total. The zero-order chi connectivity index (χ0) is 26.7. The number of benzene rings is 1. The zero-order valence-corrected chi connectivity index (χ0v) is 22.9. The van der Waals surface area contributed by atoms with Crippen molar-refractivity contribution in [3.05, 3.63) is 70.8 Å². The van der Waals surface area contributed by atoms with Crippen LogP contribution >= 0.6 is 11.9 Å². The lowest BCUT2D eigenvalue weighted by molar-refractivity contribution is 0.0942. The van der Waals surface area contributed by atoms with E-state index in [1.807, 2.05) is 93.5 Å². The number of amidine groups is 1. The van der Waals surface area contributed by atoms with Crippen molar-refractivity contribution >= 4 is 23.7 Å². The van der Waals surface area contributed by atoms with Crippen molar-refractivity contribution in [1.82, 2.24) is 29.4 Å². The van der Waals surface area contributed by atoms with Gasteiger partial charge < -0.3 is 21.2 Å². The maximum Gasteiger partial charge on any atom is 0.268 e. The number of nitrogens with one attached hydrogen (secondary N) is 2. The summed E-state index contributed by atoms with van der Waals surface area (Å²) in [4.78, 5) is 14.0. The third-order valence-electron chi connectivity index (χ3n) is 5.63. The maximum absolute atomic E-state index is 13.0. The monoisotopic (exact) mass is 513 g/mol. The zero-order valence-electron chi connectivity index (χ0n) is 22.1. The number of amides is 1. The number of fused-ring (bicyclic) bond motifs is 1. The van der Waals surface area contributed by atoms with Crippen molar-refractivity contribution in [3.8, 4) is 0 Å². The van der Waals surface area contributed by atoms with Crippen LogP contribution in [0.4, 0.5) is 0 Å². The lowest BCUT2D eigenvalue weighted by Crippen LogP contribution is -2.34. The maximum atomic E-state index is 13.0. The van der Waals surface area contributed by atoms with E-state index in [0.29, 0.717) is 18.1 Å². The van der Waals surface area contributed by atoms with Gasteiger partial charge in [0.1, 0.15) is 5.69 Å². The van der Waals surface area contributed by atoms with E-state index < -0.39 is 0 Å². The molecule has 4 rings (SSSR count). The van der Waals surface area contributed by atoms with Crippen LogP contribution in [-0.4, -0.2) is 36.9 Å². The number of nitrogens with two attached hydrogens (primary N) is 2. The molecule has 3 aromatic rings. The Hall–Kier alpha value is -3.28. The number of rotatable bonds is 6. The van der Waals surface area contributed by atoms with Crippen molar-refractivity contribution in [2.45, 2.75) is 59.1 Å². The third kappa shape index (κ3) is 6.68. The van der Waals surface area contributed by atoms with E-state index in [9.17, 15) is 4.79 Å². The molecule has 0 bridgehead atoms. The van der Waals surface area contributed by atoms with Gasteiger partial charge in [0.2, 0.25) is 0 Å². The minimum Gasteiger partial charge on any atom is -0.347 e.